The van der Waals surface area contributed by atoms with Crippen LogP contribution in [0.3, 0.4) is 0 Å². The Bertz CT molecular complexity index is 691. The third-order valence-electron chi connectivity index (χ3n) is 4.38. The quantitative estimate of drug-likeness (QED) is 0.434. The summed E-state index contributed by atoms with van der Waals surface area (Å²) in [5, 5.41) is 13.2. The zero-order valence-electron chi connectivity index (χ0n) is 16.9. The van der Waals surface area contributed by atoms with Gasteiger partial charge in [-0.15, -0.1) is 0 Å². The second-order valence-corrected chi connectivity index (χ2v) is 12.3. The molecule has 1 aliphatic carbocycles. The van der Waals surface area contributed by atoms with Gasteiger partial charge in [-0.3, -0.25) is 5.11 Å². The molecule has 0 atom stereocenters. The summed E-state index contributed by atoms with van der Waals surface area (Å²) in [5.74, 6) is 0.944. The molecule has 2 nitrogen and oxygen atoms in total. The van der Waals surface area contributed by atoms with Gasteiger partial charge in [0.15, 0.2) is 5.76 Å². The van der Waals surface area contributed by atoms with E-state index in [1.807, 2.05) is 30.3 Å². The van der Waals surface area contributed by atoms with Crippen molar-refractivity contribution in [2.75, 3.05) is 0 Å². The molecule has 0 unspecified atom stereocenters. The third-order valence-corrected chi connectivity index (χ3v) is 5.20. The summed E-state index contributed by atoms with van der Waals surface area (Å²) in [6, 6.07) is 9.91. The van der Waals surface area contributed by atoms with Crippen molar-refractivity contribution in [1.29, 1.82) is 0 Å². The van der Waals surface area contributed by atoms with E-state index in [1.54, 1.807) is 0 Å². The first kappa shape index (κ1) is 20.6. The van der Waals surface area contributed by atoms with Gasteiger partial charge in [0.25, 0.3) is 0 Å². The van der Waals surface area contributed by atoms with Gasteiger partial charge in [0.1, 0.15) is 5.76 Å². The second kappa shape index (κ2) is 9.27. The predicted octanol–water partition coefficient (Wildman–Crippen LogP) is 6.95. The number of benzene rings is 1. The first-order valence-electron chi connectivity index (χ1n) is 9.89. The minimum Gasteiger partial charge on any atom is -0.544 e. The van der Waals surface area contributed by atoms with Crippen molar-refractivity contribution in [3.05, 3.63) is 70.2 Å². The van der Waals surface area contributed by atoms with Gasteiger partial charge < -0.3 is 4.43 Å². The molecule has 0 amide bonds. The number of hydrogen-bond acceptors (Lipinski definition) is 1. The molecule has 0 spiro atoms. The lowest BCUT2D eigenvalue weighted by molar-refractivity contribution is 0.300. The fourth-order valence-corrected chi connectivity index (χ4v) is 3.95. The fraction of sp³-hybridized carbons (Fsp3) is 0.478. The van der Waals surface area contributed by atoms with Crippen LogP contribution < -0.4 is 0 Å². The molecule has 0 saturated heterocycles. The topological polar surface area (TPSA) is 29.1 Å². The molecule has 26 heavy (non-hydrogen) atoms. The highest BCUT2D eigenvalue weighted by molar-refractivity contribution is 6.70. The summed E-state index contributed by atoms with van der Waals surface area (Å²) in [4.78, 5) is 0. The van der Waals surface area contributed by atoms with Crippen LogP contribution in [0, 0.1) is 6.08 Å². The van der Waals surface area contributed by atoms with Gasteiger partial charge in [-0.05, 0) is 50.9 Å². The van der Waals surface area contributed by atoms with Crippen LogP contribution in [0.5, 0.6) is 0 Å². The van der Waals surface area contributed by atoms with Gasteiger partial charge in [-0.1, -0.05) is 57.0 Å². The average molecular weight is 369 g/mol. The summed E-state index contributed by atoms with van der Waals surface area (Å²) < 4.78 is 6.45. The van der Waals surface area contributed by atoms with Gasteiger partial charge in [0.05, 0.1) is 5.57 Å². The zero-order valence-corrected chi connectivity index (χ0v) is 17.9. The highest BCUT2D eigenvalue weighted by Gasteiger charge is 2.34. The van der Waals surface area contributed by atoms with Crippen molar-refractivity contribution in [3.63, 3.8) is 0 Å². The number of allylic oxidation sites excluding steroid dienone is 2. The lowest BCUT2D eigenvalue weighted by atomic mass is 9.98. The van der Waals surface area contributed by atoms with E-state index in [0.29, 0.717) is 5.57 Å². The Kier molecular flexibility index (Phi) is 7.33. The minimum absolute atomic E-state index is 0.127. The normalized spacial score (nSPS) is 16.7. The Hall–Kier alpha value is -1.74. The van der Waals surface area contributed by atoms with Crippen LogP contribution in [0.1, 0.15) is 57.9 Å². The summed E-state index contributed by atoms with van der Waals surface area (Å²) in [5.41, 5.74) is 3.67. The molecule has 0 N–H and O–H groups in total. The van der Waals surface area contributed by atoms with E-state index in [9.17, 15) is 5.11 Å². The van der Waals surface area contributed by atoms with Gasteiger partial charge in [0, 0.05) is 17.2 Å². The molecule has 1 aromatic carbocycles. The van der Waals surface area contributed by atoms with E-state index in [-0.39, 0.29) is 5.76 Å². The number of rotatable bonds is 9. The van der Waals surface area contributed by atoms with Crippen molar-refractivity contribution >= 4 is 8.32 Å². The van der Waals surface area contributed by atoms with E-state index < -0.39 is 8.32 Å². The summed E-state index contributed by atoms with van der Waals surface area (Å²) in [6.07, 6.45) is 9.43. The Labute approximate surface area is 160 Å². The summed E-state index contributed by atoms with van der Waals surface area (Å²) in [7, 11) is -1.84. The van der Waals surface area contributed by atoms with Crippen LogP contribution in [-0.2, 0) is 9.53 Å². The van der Waals surface area contributed by atoms with Crippen LogP contribution in [0.2, 0.25) is 19.6 Å². The SMILES string of the molecule is CCCCC1=C([O])C(=[C]c2ccccc2)C(O[Si](C)(C)C)=C1CCCC. The van der Waals surface area contributed by atoms with Gasteiger partial charge >= 0.3 is 0 Å². The van der Waals surface area contributed by atoms with Gasteiger partial charge in [0.2, 0.25) is 8.32 Å². The maximum Gasteiger partial charge on any atom is 0.242 e. The highest BCUT2D eigenvalue weighted by atomic mass is 28.4. The minimum atomic E-state index is -1.84. The van der Waals surface area contributed by atoms with Crippen LogP contribution in [0.25, 0.3) is 0 Å². The van der Waals surface area contributed by atoms with Crippen LogP contribution in [0.15, 0.2) is 58.6 Å². The standard InChI is InChI=1S/C23H32O2Si/c1-6-8-15-19-20(16-9-7-2)23(25-26(3,4)5)21(22(19)24)17-18-13-11-10-12-14-18/h10-14H,6-9,15-16H2,1-5H3. The zero-order chi connectivity index (χ0) is 19.2. The van der Waals surface area contributed by atoms with Crippen molar-refractivity contribution < 1.29 is 9.53 Å². The summed E-state index contributed by atoms with van der Waals surface area (Å²) in [6.45, 7) is 10.9. The Morgan fingerprint density at radius 1 is 0.923 bits per heavy atom. The van der Waals surface area contributed by atoms with Crippen molar-refractivity contribution in [2.24, 2.45) is 0 Å². The fourth-order valence-electron chi connectivity index (χ4n) is 3.11. The maximum absolute atomic E-state index is 13.2. The van der Waals surface area contributed by atoms with E-state index in [0.717, 1.165) is 61.0 Å². The predicted molar refractivity (Wildman–Crippen MR) is 111 cm³/mol. The second-order valence-electron chi connectivity index (χ2n) is 7.90. The van der Waals surface area contributed by atoms with Gasteiger partial charge in [-0.2, -0.15) is 0 Å². The monoisotopic (exact) mass is 368 g/mol. The number of hydrogen-bond donors (Lipinski definition) is 0. The van der Waals surface area contributed by atoms with E-state index in [4.69, 9.17) is 4.43 Å². The third kappa shape index (κ3) is 5.37. The molecule has 0 aliphatic heterocycles. The summed E-state index contributed by atoms with van der Waals surface area (Å²) >= 11 is 0. The molecule has 140 valence electrons. The molecule has 1 aliphatic rings. The highest BCUT2D eigenvalue weighted by Crippen LogP contribution is 2.42. The maximum atomic E-state index is 13.2. The molecule has 2 radical (unpaired) electrons. The molecular weight excluding hydrogens is 336 g/mol. The lowest BCUT2D eigenvalue weighted by Crippen LogP contribution is -2.25. The first-order chi connectivity index (χ1) is 12.4. The molecule has 1 aromatic rings. The molecule has 0 aromatic heterocycles. The van der Waals surface area contributed by atoms with Crippen LogP contribution in [-0.4, -0.2) is 8.32 Å². The van der Waals surface area contributed by atoms with E-state index >= 15 is 0 Å². The molecule has 0 fully saturated rings. The van der Waals surface area contributed by atoms with Crippen molar-refractivity contribution in [1.82, 2.24) is 0 Å². The number of unbranched alkanes of at least 4 members (excludes halogenated alkanes) is 2. The molecule has 0 heterocycles. The molecule has 2 rings (SSSR count). The molecule has 0 saturated carbocycles. The van der Waals surface area contributed by atoms with Crippen LogP contribution in [0.4, 0.5) is 0 Å². The Morgan fingerprint density at radius 2 is 1.50 bits per heavy atom. The Balaban J connectivity index is 2.54. The molecule has 0 bridgehead atoms. The van der Waals surface area contributed by atoms with Crippen molar-refractivity contribution in [2.45, 2.75) is 72.0 Å². The van der Waals surface area contributed by atoms with Crippen molar-refractivity contribution in [3.8, 4) is 0 Å². The molecular formula is C23H32O2Si. The van der Waals surface area contributed by atoms with E-state index in [2.05, 4.69) is 39.6 Å². The van der Waals surface area contributed by atoms with E-state index in [1.165, 1.54) is 0 Å². The largest absolute Gasteiger partial charge is 0.544 e. The smallest absolute Gasteiger partial charge is 0.242 e. The van der Waals surface area contributed by atoms with Gasteiger partial charge in [-0.25, -0.2) is 0 Å². The Morgan fingerprint density at radius 3 is 2.04 bits per heavy atom. The average Bonchev–Trinajstić information content (AvgIpc) is 2.82. The molecule has 3 heteroatoms. The lowest BCUT2D eigenvalue weighted by Gasteiger charge is -2.23. The first-order valence-corrected chi connectivity index (χ1v) is 13.3. The van der Waals surface area contributed by atoms with Crippen LogP contribution >= 0.6 is 0 Å².